The molecule has 0 heterocycles. The number of benzene rings is 1. The molecule has 0 atom stereocenters. The van der Waals surface area contributed by atoms with Gasteiger partial charge in [-0.2, -0.15) is 21.6 Å². The van der Waals surface area contributed by atoms with Crippen LogP contribution in [-0.2, 0) is 10.1 Å². The van der Waals surface area contributed by atoms with E-state index in [1.54, 1.807) is 0 Å². The van der Waals surface area contributed by atoms with Gasteiger partial charge in [0.15, 0.2) is 0 Å². The van der Waals surface area contributed by atoms with Crippen LogP contribution in [0.5, 0.6) is 5.75 Å². The molecule has 0 bridgehead atoms. The van der Waals surface area contributed by atoms with E-state index in [4.69, 9.17) is 0 Å². The molecule has 0 saturated heterocycles. The quantitative estimate of drug-likeness (QED) is 0.455. The van der Waals surface area contributed by atoms with Crippen molar-refractivity contribution < 1.29 is 45.2 Å². The van der Waals surface area contributed by atoms with Gasteiger partial charge in [0, 0.05) is 6.07 Å². The van der Waals surface area contributed by atoms with Crippen LogP contribution in [0.2, 0.25) is 0 Å². The van der Waals surface area contributed by atoms with Crippen LogP contribution in [0.3, 0.4) is 0 Å². The molecule has 0 aliphatic heterocycles. The predicted octanol–water partition coefficient (Wildman–Crippen LogP) is 4.57. The first-order valence-corrected chi connectivity index (χ1v) is 7.63. The van der Waals surface area contributed by atoms with Crippen molar-refractivity contribution in [3.8, 4) is 5.75 Å². The summed E-state index contributed by atoms with van der Waals surface area (Å²) in [5, 5.41) is 0. The zero-order valence-corrected chi connectivity index (χ0v) is 10.5. The molecule has 3 nitrogen and oxygen atoms in total. The van der Waals surface area contributed by atoms with Crippen molar-refractivity contribution in [2.45, 2.75) is 10.4 Å². The predicted molar refractivity (Wildman–Crippen MR) is 53.4 cm³/mol. The summed E-state index contributed by atoms with van der Waals surface area (Å²) in [4.78, 5) is -2.57. The second-order valence-corrected chi connectivity index (χ2v) is 7.37. The van der Waals surface area contributed by atoms with Gasteiger partial charge in [-0.15, -0.1) is 0 Å². The fraction of sp³-hybridized carbons (Fsp3) is 0.143. The van der Waals surface area contributed by atoms with Crippen LogP contribution < -0.4 is 4.18 Å². The van der Waals surface area contributed by atoms with E-state index in [0.717, 1.165) is 0 Å². The first-order valence-electron chi connectivity index (χ1n) is 4.27. The highest BCUT2D eigenvalue weighted by molar-refractivity contribution is 8.45. The fourth-order valence-corrected chi connectivity index (χ4v) is 2.07. The van der Waals surface area contributed by atoms with Gasteiger partial charge in [-0.3, -0.25) is 0 Å². The largest absolute Gasteiger partial charge is 0.534 e. The van der Waals surface area contributed by atoms with Crippen LogP contribution in [0.25, 0.3) is 0 Å². The molecule has 0 fully saturated rings. The van der Waals surface area contributed by atoms with Gasteiger partial charge in [0.1, 0.15) is 10.6 Å². The average molecular weight is 352 g/mol. The van der Waals surface area contributed by atoms with Crippen molar-refractivity contribution in [2.24, 2.45) is 0 Å². The van der Waals surface area contributed by atoms with Gasteiger partial charge >= 0.3 is 25.9 Å². The molecule has 0 amide bonds. The molecule has 1 aromatic rings. The molecule has 0 radical (unpaired) electrons. The van der Waals surface area contributed by atoms with Gasteiger partial charge in [0.2, 0.25) is 0 Å². The van der Waals surface area contributed by atoms with Crippen LogP contribution in [-0.4, -0.2) is 13.9 Å². The Morgan fingerprint density at radius 3 is 1.90 bits per heavy atom. The van der Waals surface area contributed by atoms with E-state index in [1.165, 1.54) is 0 Å². The van der Waals surface area contributed by atoms with Crippen LogP contribution in [0.4, 0.5) is 32.6 Å². The summed E-state index contributed by atoms with van der Waals surface area (Å²) in [6.45, 7) is 0. The average Bonchev–Trinajstić information content (AvgIpc) is 2.11. The number of halogens is 8. The van der Waals surface area contributed by atoms with Crippen molar-refractivity contribution in [1.82, 2.24) is 0 Å². The normalized spacial score (nSPS) is 17.2. The molecule has 20 heavy (non-hydrogen) atoms. The lowest BCUT2D eigenvalue weighted by molar-refractivity contribution is -0.0500. The van der Waals surface area contributed by atoms with Gasteiger partial charge < -0.3 is 4.18 Å². The third kappa shape index (κ3) is 3.88. The summed E-state index contributed by atoms with van der Waals surface area (Å²) >= 11 is 0. The topological polar surface area (TPSA) is 43.4 Å². The summed E-state index contributed by atoms with van der Waals surface area (Å²) in [6.07, 6.45) is 0. The molecular weight excluding hydrogens is 348 g/mol. The number of hydrogen-bond donors (Lipinski definition) is 0. The van der Waals surface area contributed by atoms with E-state index >= 15 is 0 Å². The molecule has 0 aromatic heterocycles. The highest BCUT2D eigenvalue weighted by Gasteiger charge is 2.65. The molecule has 0 spiro atoms. The van der Waals surface area contributed by atoms with Gasteiger partial charge in [-0.25, -0.2) is 0 Å². The SMILES string of the molecule is O=S(=O)(Oc1cccc(S(F)(F)(F)(F)F)c1)C(F)(F)F. The highest BCUT2D eigenvalue weighted by Crippen LogP contribution is 3.02. The Kier molecular flexibility index (Phi) is 3.10. The third-order valence-electron chi connectivity index (χ3n) is 1.74. The van der Waals surface area contributed by atoms with Crippen LogP contribution in [0, 0.1) is 0 Å². The minimum Gasteiger partial charge on any atom is -0.376 e. The number of rotatable bonds is 3. The molecule has 0 aliphatic carbocycles. The molecular formula is C7H4F8O3S2. The maximum absolute atomic E-state index is 12.4. The Balaban J connectivity index is 3.29. The first-order chi connectivity index (χ1) is 8.42. The summed E-state index contributed by atoms with van der Waals surface area (Å²) in [5.41, 5.74) is -5.91. The van der Waals surface area contributed by atoms with Crippen molar-refractivity contribution in [2.75, 3.05) is 0 Å². The zero-order chi connectivity index (χ0) is 16.1. The van der Waals surface area contributed by atoms with Crippen molar-refractivity contribution >= 4 is 20.3 Å². The summed E-state index contributed by atoms with van der Waals surface area (Å²) in [5.74, 6) is -1.53. The van der Waals surface area contributed by atoms with Gasteiger partial charge in [-0.1, -0.05) is 25.5 Å². The van der Waals surface area contributed by atoms with Crippen LogP contribution in [0.15, 0.2) is 29.2 Å². The lowest BCUT2D eigenvalue weighted by atomic mass is 10.3. The summed E-state index contributed by atoms with van der Waals surface area (Å²) in [7, 11) is -16.4. The van der Waals surface area contributed by atoms with E-state index in [-0.39, 0.29) is 12.1 Å². The molecule has 0 unspecified atom stereocenters. The van der Waals surface area contributed by atoms with Crippen LogP contribution in [0.1, 0.15) is 0 Å². The molecule has 0 aliphatic rings. The Morgan fingerprint density at radius 1 is 1.00 bits per heavy atom. The highest BCUT2D eigenvalue weighted by atomic mass is 32.5. The smallest absolute Gasteiger partial charge is 0.376 e. The maximum atomic E-state index is 12.4. The lowest BCUT2D eigenvalue weighted by Crippen LogP contribution is -2.28. The maximum Gasteiger partial charge on any atom is 0.534 e. The molecule has 13 heteroatoms. The Morgan fingerprint density at radius 2 is 1.50 bits per heavy atom. The van der Waals surface area contributed by atoms with Crippen molar-refractivity contribution in [3.05, 3.63) is 24.3 Å². The number of hydrogen-bond acceptors (Lipinski definition) is 3. The van der Waals surface area contributed by atoms with Crippen molar-refractivity contribution in [1.29, 1.82) is 0 Å². The van der Waals surface area contributed by atoms with E-state index in [9.17, 15) is 41.0 Å². The second kappa shape index (κ2) is 3.69. The zero-order valence-electron chi connectivity index (χ0n) is 8.87. The summed E-state index contributed by atoms with van der Waals surface area (Å²) in [6, 6.07) is 0.00419. The minimum atomic E-state index is -10.2. The van der Waals surface area contributed by atoms with E-state index in [0.29, 0.717) is 6.07 Å². The standard InChI is InChI=1S/C7H4F8O3S2/c8-7(9,10)19(16,17)18-5-2-1-3-6(4-5)20(11,12,13,14)15/h1-4H. The monoisotopic (exact) mass is 352 g/mol. The lowest BCUT2D eigenvalue weighted by Gasteiger charge is -2.40. The van der Waals surface area contributed by atoms with Crippen LogP contribution >= 0.6 is 10.2 Å². The molecule has 0 N–H and O–H groups in total. The molecule has 1 aromatic carbocycles. The second-order valence-electron chi connectivity index (χ2n) is 3.43. The van der Waals surface area contributed by atoms with E-state index in [2.05, 4.69) is 4.18 Å². The molecule has 0 saturated carbocycles. The van der Waals surface area contributed by atoms with Gasteiger partial charge in [0.05, 0.1) is 0 Å². The van der Waals surface area contributed by atoms with Gasteiger partial charge in [-0.05, 0) is 12.1 Å². The van der Waals surface area contributed by atoms with Gasteiger partial charge in [0.25, 0.3) is 0 Å². The summed E-state index contributed by atoms with van der Waals surface area (Å²) < 4.78 is 122. The molecule has 118 valence electrons. The third-order valence-corrected chi connectivity index (χ3v) is 3.86. The van der Waals surface area contributed by atoms with Crippen molar-refractivity contribution in [3.63, 3.8) is 0 Å². The first kappa shape index (κ1) is 16.8. The van der Waals surface area contributed by atoms with E-state index < -0.39 is 42.6 Å². The molecule has 1 rings (SSSR count). The Hall–Kier alpha value is -1.24. The minimum absolute atomic E-state index is 0.116. The Bertz CT molecular complexity index is 630. The number of alkyl halides is 3. The Labute approximate surface area is 107 Å². The fourth-order valence-electron chi connectivity index (χ4n) is 0.940. The van der Waals surface area contributed by atoms with E-state index in [1.807, 2.05) is 0 Å².